The van der Waals surface area contributed by atoms with Crippen molar-refractivity contribution in [3.05, 3.63) is 23.8 Å². The molecular formula is C15H21NO2. The minimum Gasteiger partial charge on any atom is -0.497 e. The Balaban J connectivity index is 2.81. The van der Waals surface area contributed by atoms with Gasteiger partial charge in [0.25, 0.3) is 0 Å². The quantitative estimate of drug-likeness (QED) is 0.784. The molecule has 98 valence electrons. The van der Waals surface area contributed by atoms with Crippen LogP contribution in [-0.2, 0) is 6.54 Å². The molecule has 0 aromatic heterocycles. The van der Waals surface area contributed by atoms with Crippen LogP contribution in [-0.4, -0.2) is 19.8 Å². The fourth-order valence-electron chi connectivity index (χ4n) is 1.46. The minimum atomic E-state index is 0.414. The van der Waals surface area contributed by atoms with Crippen molar-refractivity contribution in [3.8, 4) is 23.3 Å². The first kappa shape index (κ1) is 14.4. The highest BCUT2D eigenvalue weighted by atomic mass is 16.5. The molecule has 0 saturated heterocycles. The summed E-state index contributed by atoms with van der Waals surface area (Å²) in [5.41, 5.74) is 1.08. The molecule has 0 spiro atoms. The van der Waals surface area contributed by atoms with Crippen LogP contribution in [0.2, 0.25) is 0 Å². The number of nitrogens with one attached hydrogen (secondary N) is 1. The summed E-state index contributed by atoms with van der Waals surface area (Å²) in [5.74, 6) is 7.40. The molecule has 0 radical (unpaired) electrons. The van der Waals surface area contributed by atoms with E-state index in [-0.39, 0.29) is 0 Å². The Morgan fingerprint density at radius 2 is 2.11 bits per heavy atom. The Hall–Kier alpha value is -1.66. The Kier molecular flexibility index (Phi) is 6.10. The molecule has 1 aromatic carbocycles. The van der Waals surface area contributed by atoms with E-state index >= 15 is 0 Å². The first-order valence-corrected chi connectivity index (χ1v) is 6.10. The zero-order chi connectivity index (χ0) is 13.4. The SMILES string of the molecule is CC#CCOc1ccc(OC)cc1CNC(C)C. The molecule has 0 aliphatic carbocycles. The Labute approximate surface area is 109 Å². The van der Waals surface area contributed by atoms with Gasteiger partial charge in [0.15, 0.2) is 0 Å². The highest BCUT2D eigenvalue weighted by Gasteiger charge is 2.06. The van der Waals surface area contributed by atoms with Crippen LogP contribution < -0.4 is 14.8 Å². The van der Waals surface area contributed by atoms with Gasteiger partial charge in [-0.15, -0.1) is 5.92 Å². The van der Waals surface area contributed by atoms with Crippen molar-refractivity contribution in [2.24, 2.45) is 0 Å². The van der Waals surface area contributed by atoms with Crippen LogP contribution in [0.3, 0.4) is 0 Å². The van der Waals surface area contributed by atoms with E-state index < -0.39 is 0 Å². The first-order chi connectivity index (χ1) is 8.67. The van der Waals surface area contributed by atoms with Gasteiger partial charge in [-0.1, -0.05) is 19.8 Å². The summed E-state index contributed by atoms with van der Waals surface area (Å²) in [6.07, 6.45) is 0. The van der Waals surface area contributed by atoms with Crippen LogP contribution in [0, 0.1) is 11.8 Å². The summed E-state index contributed by atoms with van der Waals surface area (Å²) in [4.78, 5) is 0. The van der Waals surface area contributed by atoms with Crippen LogP contribution in [0.1, 0.15) is 26.3 Å². The minimum absolute atomic E-state index is 0.414. The number of rotatable bonds is 6. The van der Waals surface area contributed by atoms with Crippen molar-refractivity contribution < 1.29 is 9.47 Å². The highest BCUT2D eigenvalue weighted by molar-refractivity contribution is 5.40. The van der Waals surface area contributed by atoms with E-state index in [1.165, 1.54) is 0 Å². The normalized spacial score (nSPS) is 9.83. The molecule has 0 aliphatic rings. The van der Waals surface area contributed by atoms with Gasteiger partial charge >= 0.3 is 0 Å². The van der Waals surface area contributed by atoms with Crippen molar-refractivity contribution in [1.82, 2.24) is 5.32 Å². The van der Waals surface area contributed by atoms with Gasteiger partial charge in [0.2, 0.25) is 0 Å². The predicted molar refractivity (Wildman–Crippen MR) is 73.9 cm³/mol. The maximum Gasteiger partial charge on any atom is 0.149 e. The number of hydrogen-bond donors (Lipinski definition) is 1. The smallest absolute Gasteiger partial charge is 0.149 e. The summed E-state index contributed by atoms with van der Waals surface area (Å²) in [6, 6.07) is 6.24. The molecule has 0 heterocycles. The second kappa shape index (κ2) is 7.62. The molecule has 1 aromatic rings. The Morgan fingerprint density at radius 1 is 1.33 bits per heavy atom. The first-order valence-electron chi connectivity index (χ1n) is 6.10. The molecule has 3 heteroatoms. The van der Waals surface area contributed by atoms with Gasteiger partial charge in [-0.05, 0) is 25.1 Å². The van der Waals surface area contributed by atoms with Crippen LogP contribution in [0.4, 0.5) is 0 Å². The predicted octanol–water partition coefficient (Wildman–Crippen LogP) is 2.60. The zero-order valence-electron chi connectivity index (χ0n) is 11.5. The molecular weight excluding hydrogens is 226 g/mol. The molecule has 1 rings (SSSR count). The molecule has 0 aliphatic heterocycles. The molecule has 0 amide bonds. The van der Waals surface area contributed by atoms with Gasteiger partial charge in [-0.3, -0.25) is 0 Å². The van der Waals surface area contributed by atoms with E-state index in [9.17, 15) is 0 Å². The summed E-state index contributed by atoms with van der Waals surface area (Å²) in [7, 11) is 1.66. The van der Waals surface area contributed by atoms with Gasteiger partial charge in [0.1, 0.15) is 18.1 Å². The third-order valence-corrected chi connectivity index (χ3v) is 2.45. The summed E-state index contributed by atoms with van der Waals surface area (Å²) >= 11 is 0. The topological polar surface area (TPSA) is 30.5 Å². The monoisotopic (exact) mass is 247 g/mol. The molecule has 0 unspecified atom stereocenters. The van der Waals surface area contributed by atoms with Gasteiger partial charge in [0.05, 0.1) is 7.11 Å². The number of hydrogen-bond acceptors (Lipinski definition) is 3. The van der Waals surface area contributed by atoms with Crippen molar-refractivity contribution in [2.45, 2.75) is 33.4 Å². The van der Waals surface area contributed by atoms with Crippen LogP contribution in [0.5, 0.6) is 11.5 Å². The van der Waals surface area contributed by atoms with E-state index in [2.05, 4.69) is 31.0 Å². The fourth-order valence-corrected chi connectivity index (χ4v) is 1.46. The van der Waals surface area contributed by atoms with Crippen molar-refractivity contribution in [3.63, 3.8) is 0 Å². The van der Waals surface area contributed by atoms with Crippen LogP contribution >= 0.6 is 0 Å². The van der Waals surface area contributed by atoms with Crippen molar-refractivity contribution >= 4 is 0 Å². The van der Waals surface area contributed by atoms with Gasteiger partial charge < -0.3 is 14.8 Å². The largest absolute Gasteiger partial charge is 0.497 e. The fraction of sp³-hybridized carbons (Fsp3) is 0.467. The second-order valence-electron chi connectivity index (χ2n) is 4.22. The second-order valence-corrected chi connectivity index (χ2v) is 4.22. The van der Waals surface area contributed by atoms with E-state index in [1.807, 2.05) is 18.2 Å². The summed E-state index contributed by atoms with van der Waals surface area (Å²) in [5, 5.41) is 3.37. The average molecular weight is 247 g/mol. The zero-order valence-corrected chi connectivity index (χ0v) is 11.5. The van der Waals surface area contributed by atoms with Crippen molar-refractivity contribution in [2.75, 3.05) is 13.7 Å². The molecule has 0 saturated carbocycles. The number of ether oxygens (including phenoxy) is 2. The molecule has 0 bridgehead atoms. The van der Waals surface area contributed by atoms with E-state index in [1.54, 1.807) is 14.0 Å². The van der Waals surface area contributed by atoms with Gasteiger partial charge in [0, 0.05) is 18.2 Å². The van der Waals surface area contributed by atoms with Crippen LogP contribution in [0.15, 0.2) is 18.2 Å². The Morgan fingerprint density at radius 3 is 2.72 bits per heavy atom. The number of benzene rings is 1. The standard InChI is InChI=1S/C15H21NO2/c1-5-6-9-18-15-8-7-14(17-4)10-13(15)11-16-12(2)3/h7-8,10,12,16H,9,11H2,1-4H3. The molecule has 0 fully saturated rings. The maximum atomic E-state index is 5.64. The highest BCUT2D eigenvalue weighted by Crippen LogP contribution is 2.24. The third-order valence-electron chi connectivity index (χ3n) is 2.45. The lowest BCUT2D eigenvalue weighted by molar-refractivity contribution is 0.361. The van der Waals surface area contributed by atoms with E-state index in [0.717, 1.165) is 23.6 Å². The van der Waals surface area contributed by atoms with Gasteiger partial charge in [-0.2, -0.15) is 0 Å². The third kappa shape index (κ3) is 4.68. The summed E-state index contributed by atoms with van der Waals surface area (Å²) < 4.78 is 10.9. The van der Waals surface area contributed by atoms with E-state index in [4.69, 9.17) is 9.47 Å². The number of methoxy groups -OCH3 is 1. The van der Waals surface area contributed by atoms with Crippen molar-refractivity contribution in [1.29, 1.82) is 0 Å². The van der Waals surface area contributed by atoms with E-state index in [0.29, 0.717) is 12.6 Å². The molecule has 3 nitrogen and oxygen atoms in total. The van der Waals surface area contributed by atoms with Crippen LogP contribution in [0.25, 0.3) is 0 Å². The van der Waals surface area contributed by atoms with Gasteiger partial charge in [-0.25, -0.2) is 0 Å². The molecule has 1 N–H and O–H groups in total. The Bertz CT molecular complexity index is 430. The lowest BCUT2D eigenvalue weighted by Crippen LogP contribution is -2.22. The molecule has 0 atom stereocenters. The lowest BCUT2D eigenvalue weighted by Gasteiger charge is -2.13. The molecule has 18 heavy (non-hydrogen) atoms. The lowest BCUT2D eigenvalue weighted by atomic mass is 10.1. The summed E-state index contributed by atoms with van der Waals surface area (Å²) in [6.45, 7) is 7.20. The average Bonchev–Trinajstić information content (AvgIpc) is 2.37. The maximum absolute atomic E-state index is 5.64.